The number of aromatic nitrogens is 1. The summed E-state index contributed by atoms with van der Waals surface area (Å²) in [4.78, 5) is 57.5. The number of benzene rings is 4. The summed E-state index contributed by atoms with van der Waals surface area (Å²) in [5, 5.41) is 10.5. The van der Waals surface area contributed by atoms with Gasteiger partial charge < -0.3 is 19.0 Å². The molecule has 9 rings (SSSR count). The number of carbonyl (C=O) groups excluding carboxylic acids is 4. The van der Waals surface area contributed by atoms with Crippen LogP contribution in [0.2, 0.25) is 0 Å². The number of allylic oxidation sites excluding steroid dienone is 3. The molecule has 0 bridgehead atoms. The highest BCUT2D eigenvalue weighted by Gasteiger charge is 2.76. The van der Waals surface area contributed by atoms with Crippen LogP contribution in [0.5, 0.6) is 17.2 Å². The third-order valence-electron chi connectivity index (χ3n) is 11.9. The van der Waals surface area contributed by atoms with Gasteiger partial charge in [-0.2, -0.15) is 0 Å². The molecule has 2 saturated heterocycles. The molecule has 0 radical (unpaired) electrons. The molecular formula is C43H28Cl2F5N3O8. The van der Waals surface area contributed by atoms with Crippen molar-refractivity contribution in [3.05, 3.63) is 113 Å². The van der Waals surface area contributed by atoms with Crippen LogP contribution in [0.3, 0.4) is 0 Å². The van der Waals surface area contributed by atoms with Crippen LogP contribution in [0.15, 0.2) is 82.8 Å². The number of fused-ring (bicyclic) bond motifs is 5. The number of carbonyl (C=O) groups is 4. The SMILES string of the molecule is COc1cc(C=CC2C3=CCC4C(=O)N(c5ccc(-c6nc7ccccc7o6)cc5)C(=O)C4C3CC3(Cl)C(=O)N(c4c(F)c(F)c(F)c(F)c4F)C(=O)C23Cl)cc(OC)c1O. The fraction of sp³-hybridized carbons (Fsp3) is 0.233. The van der Waals surface area contributed by atoms with Crippen LogP contribution in [0.1, 0.15) is 18.4 Å². The topological polar surface area (TPSA) is 139 Å². The monoisotopic (exact) mass is 879 g/mol. The lowest BCUT2D eigenvalue weighted by Gasteiger charge is -2.49. The number of alkyl halides is 2. The largest absolute Gasteiger partial charge is 0.502 e. The van der Waals surface area contributed by atoms with Gasteiger partial charge in [-0.3, -0.25) is 24.1 Å². The molecule has 4 amide bonds. The number of methoxy groups -OCH3 is 2. The maximum Gasteiger partial charge on any atom is 0.258 e. The molecule has 3 heterocycles. The van der Waals surface area contributed by atoms with Crippen molar-refractivity contribution < 1.29 is 60.1 Å². The molecule has 3 fully saturated rings. The van der Waals surface area contributed by atoms with Gasteiger partial charge in [0.1, 0.15) is 11.2 Å². The van der Waals surface area contributed by atoms with Crippen molar-refractivity contribution in [2.24, 2.45) is 23.7 Å². The summed E-state index contributed by atoms with van der Waals surface area (Å²) in [5.74, 6) is -21.8. The second-order valence-electron chi connectivity index (χ2n) is 14.9. The average molecular weight is 881 g/mol. The van der Waals surface area contributed by atoms with Crippen molar-refractivity contribution in [2.45, 2.75) is 22.6 Å². The summed E-state index contributed by atoms with van der Waals surface area (Å²) in [5.41, 5.74) is 0.566. The molecule has 4 aromatic carbocycles. The Kier molecular flexibility index (Phi) is 9.32. The minimum atomic E-state index is -2.71. The second kappa shape index (κ2) is 14.2. The summed E-state index contributed by atoms with van der Waals surface area (Å²) in [6.07, 6.45) is 3.55. The number of rotatable bonds is 7. The molecule has 4 aliphatic rings. The second-order valence-corrected chi connectivity index (χ2v) is 16.2. The molecule has 6 atom stereocenters. The van der Waals surface area contributed by atoms with Gasteiger partial charge in [0.15, 0.2) is 50.1 Å². The Bertz CT molecular complexity index is 2750. The lowest BCUT2D eigenvalue weighted by molar-refractivity contribution is -0.125. The van der Waals surface area contributed by atoms with E-state index in [-0.39, 0.29) is 45.4 Å². The van der Waals surface area contributed by atoms with Gasteiger partial charge in [-0.15, -0.1) is 23.2 Å². The van der Waals surface area contributed by atoms with Crippen LogP contribution < -0.4 is 19.3 Å². The number of phenols is 1. The molecule has 0 spiro atoms. The van der Waals surface area contributed by atoms with Gasteiger partial charge in [-0.1, -0.05) is 35.9 Å². The van der Waals surface area contributed by atoms with E-state index in [1.165, 1.54) is 50.6 Å². The van der Waals surface area contributed by atoms with E-state index in [2.05, 4.69) is 4.98 Å². The van der Waals surface area contributed by atoms with Gasteiger partial charge in [-0.25, -0.2) is 31.8 Å². The average Bonchev–Trinajstić information content (AvgIpc) is 3.85. The standard InChI is InChI=1S/C43H28Cl2F5N3O8/c1-59-27-15-18(16-28(60-2)36(27)54)7-14-24-21-12-13-22-29(39(56)52(38(22)55)20-10-8-19(9-11-20)37-51-25-5-3-4-6-26(25)61-37)23(21)17-42(44)40(57)53(41(58)43(24,42)45)35-33(49)31(47)30(46)32(48)34(35)50/h3-12,14-16,22-24,29,54H,13,17H2,1-2H3. The molecule has 61 heavy (non-hydrogen) atoms. The summed E-state index contributed by atoms with van der Waals surface area (Å²) in [6, 6.07) is 16.2. The predicted octanol–water partition coefficient (Wildman–Crippen LogP) is 8.23. The number of imide groups is 2. The highest BCUT2D eigenvalue weighted by molar-refractivity contribution is 6.58. The van der Waals surface area contributed by atoms with Gasteiger partial charge in [0.05, 0.1) is 31.7 Å². The van der Waals surface area contributed by atoms with Crippen LogP contribution in [-0.4, -0.2) is 57.7 Å². The van der Waals surface area contributed by atoms with Gasteiger partial charge in [0.25, 0.3) is 11.8 Å². The summed E-state index contributed by atoms with van der Waals surface area (Å²) < 4.78 is 90.5. The van der Waals surface area contributed by atoms with Gasteiger partial charge in [-0.05, 0) is 72.9 Å². The molecule has 18 heteroatoms. The molecule has 2 aliphatic heterocycles. The fourth-order valence-corrected chi connectivity index (χ4v) is 9.93. The number of oxazole rings is 1. The fourth-order valence-electron chi connectivity index (χ4n) is 9.04. The Hall–Kier alpha value is -6.26. The number of hydrogen-bond acceptors (Lipinski definition) is 9. The third-order valence-corrected chi connectivity index (χ3v) is 13.4. The molecule has 312 valence electrons. The Balaban J connectivity index is 1.14. The maximum absolute atomic E-state index is 15.4. The zero-order chi connectivity index (χ0) is 43.4. The van der Waals surface area contributed by atoms with E-state index in [9.17, 15) is 37.5 Å². The Morgan fingerprint density at radius 3 is 2.07 bits per heavy atom. The van der Waals surface area contributed by atoms with Crippen molar-refractivity contribution in [3.63, 3.8) is 0 Å². The van der Waals surface area contributed by atoms with E-state index in [1.54, 1.807) is 42.5 Å². The number of amides is 4. The normalized spacial score (nSPS) is 26.0. The van der Waals surface area contributed by atoms with Crippen molar-refractivity contribution in [1.29, 1.82) is 0 Å². The molecule has 6 unspecified atom stereocenters. The first-order chi connectivity index (χ1) is 29.1. The highest BCUT2D eigenvalue weighted by atomic mass is 35.5. The molecule has 1 N–H and O–H groups in total. The summed E-state index contributed by atoms with van der Waals surface area (Å²) in [7, 11) is 2.55. The van der Waals surface area contributed by atoms with Crippen LogP contribution in [-0.2, 0) is 19.2 Å². The third kappa shape index (κ3) is 5.57. The van der Waals surface area contributed by atoms with Crippen LogP contribution in [0.25, 0.3) is 28.6 Å². The molecule has 2 aliphatic carbocycles. The van der Waals surface area contributed by atoms with E-state index in [1.807, 2.05) is 0 Å². The molecule has 11 nitrogen and oxygen atoms in total. The zero-order valence-corrected chi connectivity index (χ0v) is 33.0. The minimum Gasteiger partial charge on any atom is -0.502 e. The number of anilines is 2. The highest BCUT2D eigenvalue weighted by Crippen LogP contribution is 2.64. The lowest BCUT2D eigenvalue weighted by atomic mass is 9.57. The zero-order valence-electron chi connectivity index (χ0n) is 31.5. The molecule has 1 saturated carbocycles. The number of hydrogen-bond donors (Lipinski definition) is 1. The molecular weight excluding hydrogens is 852 g/mol. The Morgan fingerprint density at radius 1 is 0.820 bits per heavy atom. The Labute approximate surface area is 351 Å². The number of ether oxygens (including phenoxy) is 2. The van der Waals surface area contributed by atoms with Crippen LogP contribution >= 0.6 is 23.2 Å². The minimum absolute atomic E-state index is 0.0332. The number of nitrogens with zero attached hydrogens (tertiary/aromatic N) is 3. The maximum atomic E-state index is 15.4. The van der Waals surface area contributed by atoms with Crippen LogP contribution in [0, 0.1) is 52.8 Å². The Morgan fingerprint density at radius 2 is 1.44 bits per heavy atom. The van der Waals surface area contributed by atoms with Crippen molar-refractivity contribution in [1.82, 2.24) is 4.98 Å². The van der Waals surface area contributed by atoms with Gasteiger partial charge in [0, 0.05) is 11.5 Å². The van der Waals surface area contributed by atoms with E-state index in [4.69, 9.17) is 37.1 Å². The smallest absolute Gasteiger partial charge is 0.258 e. The van der Waals surface area contributed by atoms with E-state index in [0.29, 0.717) is 22.6 Å². The van der Waals surface area contributed by atoms with E-state index in [0.717, 1.165) is 4.90 Å². The van der Waals surface area contributed by atoms with Crippen molar-refractivity contribution >= 4 is 75.4 Å². The van der Waals surface area contributed by atoms with E-state index >= 15 is 8.78 Å². The van der Waals surface area contributed by atoms with Gasteiger partial charge >= 0.3 is 0 Å². The first-order valence-corrected chi connectivity index (χ1v) is 19.3. The first-order valence-electron chi connectivity index (χ1n) is 18.5. The number of aromatic hydroxyl groups is 1. The molecule has 5 aromatic rings. The summed E-state index contributed by atoms with van der Waals surface area (Å²) in [6.45, 7) is 0. The van der Waals surface area contributed by atoms with E-state index < -0.39 is 98.2 Å². The molecule has 1 aromatic heterocycles. The van der Waals surface area contributed by atoms with Crippen LogP contribution in [0.4, 0.5) is 33.3 Å². The number of para-hydroxylation sites is 2. The van der Waals surface area contributed by atoms with Crippen molar-refractivity contribution in [3.8, 4) is 28.7 Å². The van der Waals surface area contributed by atoms with Crippen molar-refractivity contribution in [2.75, 3.05) is 24.0 Å². The van der Waals surface area contributed by atoms with Gasteiger partial charge in [0.2, 0.25) is 29.3 Å². The predicted molar refractivity (Wildman–Crippen MR) is 209 cm³/mol. The first kappa shape index (κ1) is 40.2. The number of halogens is 7. The number of phenolic OH excluding ortho intramolecular Hbond substituents is 1. The summed E-state index contributed by atoms with van der Waals surface area (Å²) >= 11 is 14.4. The lowest BCUT2D eigenvalue weighted by Crippen LogP contribution is -2.60. The quantitative estimate of drug-likeness (QED) is 0.0428.